The van der Waals surface area contributed by atoms with Crippen LogP contribution in [0.25, 0.3) is 5.69 Å². The van der Waals surface area contributed by atoms with Crippen molar-refractivity contribution in [3.8, 4) is 5.69 Å². The largest absolute Gasteiger partial charge is 0.369 e. The van der Waals surface area contributed by atoms with Gasteiger partial charge in [0.1, 0.15) is 0 Å². The number of anilines is 2. The van der Waals surface area contributed by atoms with E-state index in [-0.39, 0.29) is 0 Å². The van der Waals surface area contributed by atoms with E-state index < -0.39 is 15.3 Å². The zero-order valence-electron chi connectivity index (χ0n) is 18.0. The van der Waals surface area contributed by atoms with Crippen molar-refractivity contribution in [2.45, 2.75) is 25.6 Å². The summed E-state index contributed by atoms with van der Waals surface area (Å²) >= 11 is 6.01. The summed E-state index contributed by atoms with van der Waals surface area (Å²) in [6, 6.07) is 9.34. The van der Waals surface area contributed by atoms with Crippen LogP contribution in [-0.2, 0) is 16.6 Å². The maximum Gasteiger partial charge on any atom is 0.235 e. The molecule has 1 N–H and O–H groups in total. The number of pyridine rings is 1. The van der Waals surface area contributed by atoms with Crippen molar-refractivity contribution in [3.63, 3.8) is 0 Å². The lowest BCUT2D eigenvalue weighted by molar-refractivity contribution is 0.247. The molecule has 0 saturated carbocycles. The Kier molecular flexibility index (Phi) is 6.63. The van der Waals surface area contributed by atoms with Crippen LogP contribution in [-0.4, -0.2) is 64.7 Å². The van der Waals surface area contributed by atoms with Gasteiger partial charge in [-0.2, -0.15) is 0 Å². The van der Waals surface area contributed by atoms with Crippen molar-refractivity contribution < 1.29 is 8.42 Å². The highest BCUT2D eigenvalue weighted by Gasteiger charge is 2.20. The van der Waals surface area contributed by atoms with Gasteiger partial charge < -0.3 is 4.90 Å². The molecule has 0 atom stereocenters. The topological polar surface area (TPSA) is 96.2 Å². The number of piperazine rings is 1. The third-order valence-electron chi connectivity index (χ3n) is 5.35. The quantitative estimate of drug-likeness (QED) is 0.561. The van der Waals surface area contributed by atoms with Crippen LogP contribution in [0.4, 0.5) is 11.4 Å². The molecule has 1 aromatic carbocycles. The number of aromatic nitrogens is 4. The summed E-state index contributed by atoms with van der Waals surface area (Å²) in [5, 5.41) is 8.53. The van der Waals surface area contributed by atoms with E-state index in [9.17, 15) is 8.42 Å². The second-order valence-electron chi connectivity index (χ2n) is 8.03. The van der Waals surface area contributed by atoms with Gasteiger partial charge in [-0.05, 0) is 38.1 Å². The Morgan fingerprint density at radius 3 is 2.59 bits per heavy atom. The molecule has 9 nitrogen and oxygen atoms in total. The predicted octanol–water partition coefficient (Wildman–Crippen LogP) is 2.79. The number of rotatable bonds is 7. The van der Waals surface area contributed by atoms with E-state index in [1.54, 1.807) is 43.1 Å². The van der Waals surface area contributed by atoms with Crippen LogP contribution in [0.1, 0.15) is 19.5 Å². The Hall–Kier alpha value is -2.69. The fourth-order valence-electron chi connectivity index (χ4n) is 3.46. The summed E-state index contributed by atoms with van der Waals surface area (Å²) in [5.41, 5.74) is 3.25. The first-order valence-electron chi connectivity index (χ1n) is 10.4. The highest BCUT2D eigenvalue weighted by molar-refractivity contribution is 7.93. The summed E-state index contributed by atoms with van der Waals surface area (Å²) in [6.45, 7) is 7.45. The normalized spacial score (nSPS) is 15.3. The predicted molar refractivity (Wildman–Crippen MR) is 126 cm³/mol. The molecule has 0 spiro atoms. The third-order valence-corrected chi connectivity index (χ3v) is 7.31. The molecule has 0 radical (unpaired) electrons. The van der Waals surface area contributed by atoms with Crippen molar-refractivity contribution in [3.05, 3.63) is 59.6 Å². The number of sulfonamides is 1. The molecule has 1 aliphatic heterocycles. The molecule has 32 heavy (non-hydrogen) atoms. The molecule has 2 aromatic heterocycles. The molecule has 3 heterocycles. The number of nitrogens with zero attached hydrogens (tertiary/aromatic N) is 6. The van der Waals surface area contributed by atoms with E-state index in [0.29, 0.717) is 17.3 Å². The highest BCUT2D eigenvalue weighted by atomic mass is 35.5. The van der Waals surface area contributed by atoms with E-state index in [1.807, 2.05) is 24.4 Å². The van der Waals surface area contributed by atoms with E-state index in [2.05, 4.69) is 29.8 Å². The standard InChI is InChI=1S/C21H26ClN7O2S/c1-16(2)32(30,31)25-18-4-3-5-20(11-18)28-8-6-27(7-9-28)14-19-15-29(26-24-19)21-10-17(22)12-23-13-21/h3-5,10-13,15-16,25H,6-9,14H2,1-2H3. The van der Waals surface area contributed by atoms with Crippen LogP contribution < -0.4 is 9.62 Å². The zero-order valence-corrected chi connectivity index (χ0v) is 19.6. The smallest absolute Gasteiger partial charge is 0.235 e. The Morgan fingerprint density at radius 1 is 1.09 bits per heavy atom. The maximum atomic E-state index is 12.2. The maximum absolute atomic E-state index is 12.2. The second kappa shape index (κ2) is 9.43. The van der Waals surface area contributed by atoms with E-state index in [0.717, 1.165) is 43.2 Å². The average molecular weight is 476 g/mol. The van der Waals surface area contributed by atoms with Gasteiger partial charge in [-0.3, -0.25) is 14.6 Å². The minimum atomic E-state index is -3.37. The fraction of sp³-hybridized carbons (Fsp3) is 0.381. The molecule has 0 amide bonds. The Morgan fingerprint density at radius 2 is 1.88 bits per heavy atom. The molecular weight excluding hydrogens is 450 g/mol. The molecule has 4 rings (SSSR count). The Bertz CT molecular complexity index is 1170. The van der Waals surface area contributed by atoms with Gasteiger partial charge in [-0.25, -0.2) is 13.1 Å². The van der Waals surface area contributed by atoms with Crippen molar-refractivity contribution in [2.75, 3.05) is 35.8 Å². The van der Waals surface area contributed by atoms with Gasteiger partial charge in [0.15, 0.2) is 0 Å². The van der Waals surface area contributed by atoms with Crippen LogP contribution >= 0.6 is 11.6 Å². The average Bonchev–Trinajstić information content (AvgIpc) is 3.23. The van der Waals surface area contributed by atoms with Crippen molar-refractivity contribution >= 4 is 33.0 Å². The molecule has 1 aliphatic rings. The number of hydrogen-bond acceptors (Lipinski definition) is 7. The van der Waals surface area contributed by atoms with Gasteiger partial charge in [0.05, 0.1) is 39.7 Å². The summed E-state index contributed by atoms with van der Waals surface area (Å²) in [6.07, 6.45) is 5.17. The van der Waals surface area contributed by atoms with Crippen molar-refractivity contribution in [2.24, 2.45) is 0 Å². The van der Waals surface area contributed by atoms with Crippen LogP contribution in [0.3, 0.4) is 0 Å². The van der Waals surface area contributed by atoms with Crippen LogP contribution in [0.5, 0.6) is 0 Å². The lowest BCUT2D eigenvalue weighted by Crippen LogP contribution is -2.46. The summed E-state index contributed by atoms with van der Waals surface area (Å²) in [7, 11) is -3.37. The first kappa shape index (κ1) is 22.5. The Balaban J connectivity index is 1.34. The van der Waals surface area contributed by atoms with Crippen LogP contribution in [0, 0.1) is 0 Å². The van der Waals surface area contributed by atoms with E-state index >= 15 is 0 Å². The molecule has 1 fully saturated rings. The summed E-state index contributed by atoms with van der Waals surface area (Å²) < 4.78 is 28.7. The van der Waals surface area contributed by atoms with Crippen molar-refractivity contribution in [1.82, 2.24) is 24.9 Å². The van der Waals surface area contributed by atoms with Crippen LogP contribution in [0.15, 0.2) is 48.9 Å². The number of halogens is 1. The molecule has 0 bridgehead atoms. The second-order valence-corrected chi connectivity index (χ2v) is 10.7. The van der Waals surface area contributed by atoms with Gasteiger partial charge in [-0.1, -0.05) is 22.9 Å². The SMILES string of the molecule is CC(C)S(=O)(=O)Nc1cccc(N2CCN(Cc3cn(-c4cncc(Cl)c4)nn3)CC2)c1. The lowest BCUT2D eigenvalue weighted by atomic mass is 10.2. The highest BCUT2D eigenvalue weighted by Crippen LogP contribution is 2.23. The molecule has 11 heteroatoms. The monoisotopic (exact) mass is 475 g/mol. The minimum absolute atomic E-state index is 0.484. The number of hydrogen-bond donors (Lipinski definition) is 1. The lowest BCUT2D eigenvalue weighted by Gasteiger charge is -2.35. The first-order chi connectivity index (χ1) is 15.3. The molecule has 3 aromatic rings. The summed E-state index contributed by atoms with van der Waals surface area (Å²) in [4.78, 5) is 8.67. The molecular formula is C21H26ClN7O2S. The first-order valence-corrected chi connectivity index (χ1v) is 12.3. The summed E-state index contributed by atoms with van der Waals surface area (Å²) in [5.74, 6) is 0. The van der Waals surface area contributed by atoms with Gasteiger partial charge in [0.2, 0.25) is 10.0 Å². The van der Waals surface area contributed by atoms with Crippen LogP contribution in [0.2, 0.25) is 5.02 Å². The number of nitrogens with one attached hydrogen (secondary N) is 1. The molecule has 0 aliphatic carbocycles. The van der Waals surface area contributed by atoms with E-state index in [4.69, 9.17) is 11.6 Å². The third kappa shape index (κ3) is 5.37. The molecule has 170 valence electrons. The Labute approximate surface area is 193 Å². The van der Waals surface area contributed by atoms with E-state index in [1.165, 1.54) is 0 Å². The fourth-order valence-corrected chi connectivity index (χ4v) is 4.32. The zero-order chi connectivity index (χ0) is 22.7. The van der Waals surface area contributed by atoms with Gasteiger partial charge in [0.25, 0.3) is 0 Å². The van der Waals surface area contributed by atoms with Gasteiger partial charge >= 0.3 is 0 Å². The van der Waals surface area contributed by atoms with Gasteiger partial charge in [0, 0.05) is 44.6 Å². The number of benzene rings is 1. The minimum Gasteiger partial charge on any atom is -0.369 e. The van der Waals surface area contributed by atoms with Gasteiger partial charge in [-0.15, -0.1) is 5.10 Å². The van der Waals surface area contributed by atoms with Crippen molar-refractivity contribution in [1.29, 1.82) is 0 Å². The molecule has 0 unspecified atom stereocenters. The molecule has 1 saturated heterocycles.